The van der Waals surface area contributed by atoms with Crippen LogP contribution in [0.15, 0.2) is 30.3 Å². The highest BCUT2D eigenvalue weighted by Gasteiger charge is 2.43. The van der Waals surface area contributed by atoms with E-state index in [2.05, 4.69) is 6.92 Å². The molecule has 0 radical (unpaired) electrons. The quantitative estimate of drug-likeness (QED) is 0.313. The maximum absolute atomic E-state index is 15.0. The fraction of sp³-hybridized carbons (Fsp3) is 0.600. The largest absolute Gasteiger partial charge is 0.427 e. The van der Waals surface area contributed by atoms with Crippen LogP contribution in [0.3, 0.4) is 0 Å². The van der Waals surface area contributed by atoms with E-state index in [0.29, 0.717) is 29.0 Å². The first-order chi connectivity index (χ1) is 16.4. The highest BCUT2D eigenvalue weighted by atomic mass is 19.3. The Bertz CT molecular complexity index is 960. The minimum absolute atomic E-state index is 0.133. The van der Waals surface area contributed by atoms with E-state index in [1.165, 1.54) is 64.2 Å². The Morgan fingerprint density at radius 2 is 1.53 bits per heavy atom. The molecule has 4 rings (SSSR count). The van der Waals surface area contributed by atoms with E-state index < -0.39 is 11.9 Å². The molecular formula is C30H39F3O. The summed E-state index contributed by atoms with van der Waals surface area (Å²) < 4.78 is 49.6. The molecule has 4 heteroatoms. The first-order valence-corrected chi connectivity index (χ1v) is 13.5. The van der Waals surface area contributed by atoms with Crippen LogP contribution in [0.25, 0.3) is 11.1 Å². The van der Waals surface area contributed by atoms with Crippen molar-refractivity contribution in [1.82, 2.24) is 0 Å². The van der Waals surface area contributed by atoms with Crippen molar-refractivity contribution >= 4 is 0 Å². The molecule has 34 heavy (non-hydrogen) atoms. The fourth-order valence-electron chi connectivity index (χ4n) is 5.83. The van der Waals surface area contributed by atoms with E-state index in [1.54, 1.807) is 31.2 Å². The van der Waals surface area contributed by atoms with Gasteiger partial charge >= 0.3 is 6.11 Å². The molecule has 0 saturated heterocycles. The van der Waals surface area contributed by atoms with Crippen LogP contribution >= 0.6 is 0 Å². The fourth-order valence-corrected chi connectivity index (χ4v) is 5.83. The molecule has 2 aromatic carbocycles. The predicted molar refractivity (Wildman–Crippen MR) is 133 cm³/mol. The number of rotatable bonds is 10. The normalized spacial score (nSPS) is 21.0. The van der Waals surface area contributed by atoms with Crippen LogP contribution in [-0.2, 0) is 12.5 Å². The van der Waals surface area contributed by atoms with E-state index >= 15 is 0 Å². The van der Waals surface area contributed by atoms with Crippen molar-refractivity contribution in [3.8, 4) is 16.9 Å². The lowest BCUT2D eigenvalue weighted by Gasteiger charge is -2.32. The second kappa shape index (κ2) is 11.2. The van der Waals surface area contributed by atoms with Crippen molar-refractivity contribution in [2.24, 2.45) is 5.92 Å². The minimum Gasteiger partial charge on any atom is -0.425 e. The maximum atomic E-state index is 15.0. The summed E-state index contributed by atoms with van der Waals surface area (Å²) in [4.78, 5) is 0. The van der Waals surface area contributed by atoms with Gasteiger partial charge in [-0.2, -0.15) is 8.78 Å². The molecule has 1 aliphatic heterocycles. The highest BCUT2D eigenvalue weighted by molar-refractivity contribution is 5.77. The van der Waals surface area contributed by atoms with Crippen LogP contribution in [0.4, 0.5) is 13.2 Å². The standard InChI is InChI=1S/C30H39F3O/c1-3-5-6-7-8-9-10-11-21-12-14-23(15-13-21)24-17-18-25-26-19-16-22(4-2)28(31)29(26)34-30(32,33)27(25)20-24/h16-21,23H,3-15H2,1-2H3. The zero-order valence-electron chi connectivity index (χ0n) is 20.8. The summed E-state index contributed by atoms with van der Waals surface area (Å²) in [5.74, 6) is 0.0908. The lowest BCUT2D eigenvalue weighted by Crippen LogP contribution is -2.27. The number of unbranched alkanes of at least 4 members (excludes halogenated alkanes) is 6. The molecule has 2 aliphatic rings. The van der Waals surface area contributed by atoms with Crippen LogP contribution < -0.4 is 4.74 Å². The molecular weight excluding hydrogens is 433 g/mol. The zero-order chi connectivity index (χ0) is 24.1. The van der Waals surface area contributed by atoms with Gasteiger partial charge in [-0.05, 0) is 66.7 Å². The van der Waals surface area contributed by atoms with Gasteiger partial charge in [-0.3, -0.25) is 0 Å². The molecule has 0 N–H and O–H groups in total. The van der Waals surface area contributed by atoms with Crippen molar-refractivity contribution < 1.29 is 17.9 Å². The summed E-state index contributed by atoms with van der Waals surface area (Å²) >= 11 is 0. The first kappa shape index (κ1) is 25.1. The average molecular weight is 473 g/mol. The number of alkyl halides is 2. The Labute approximate surface area is 203 Å². The number of benzene rings is 2. The van der Waals surface area contributed by atoms with Gasteiger partial charge in [-0.15, -0.1) is 0 Å². The smallest absolute Gasteiger partial charge is 0.425 e. The summed E-state index contributed by atoms with van der Waals surface area (Å²) in [5, 5.41) is 0. The molecule has 0 unspecified atom stereocenters. The van der Waals surface area contributed by atoms with Crippen LogP contribution in [0.1, 0.15) is 114 Å². The molecule has 0 spiro atoms. The monoisotopic (exact) mass is 472 g/mol. The lowest BCUT2D eigenvalue weighted by atomic mass is 9.76. The van der Waals surface area contributed by atoms with E-state index in [9.17, 15) is 13.2 Å². The highest BCUT2D eigenvalue weighted by Crippen LogP contribution is 2.50. The van der Waals surface area contributed by atoms with Crippen LogP contribution in [0, 0.1) is 11.7 Å². The Balaban J connectivity index is 1.38. The van der Waals surface area contributed by atoms with E-state index in [1.807, 2.05) is 6.07 Å². The van der Waals surface area contributed by atoms with E-state index in [-0.39, 0.29) is 11.3 Å². The van der Waals surface area contributed by atoms with Crippen LogP contribution in [0.5, 0.6) is 5.75 Å². The first-order valence-electron chi connectivity index (χ1n) is 13.5. The molecule has 0 bridgehead atoms. The second-order valence-electron chi connectivity index (χ2n) is 10.3. The molecule has 186 valence electrons. The maximum Gasteiger partial charge on any atom is 0.427 e. The number of ether oxygens (including phenoxy) is 1. The molecule has 1 nitrogen and oxygen atoms in total. The number of hydrogen-bond acceptors (Lipinski definition) is 1. The molecule has 0 amide bonds. The van der Waals surface area contributed by atoms with Gasteiger partial charge in [0.05, 0.1) is 5.56 Å². The van der Waals surface area contributed by atoms with Crippen molar-refractivity contribution in [3.63, 3.8) is 0 Å². The van der Waals surface area contributed by atoms with Crippen molar-refractivity contribution in [2.75, 3.05) is 0 Å². The lowest BCUT2D eigenvalue weighted by molar-refractivity contribution is -0.188. The van der Waals surface area contributed by atoms with Crippen molar-refractivity contribution in [1.29, 1.82) is 0 Å². The summed E-state index contributed by atoms with van der Waals surface area (Å²) in [6.07, 6.45) is 12.1. The Morgan fingerprint density at radius 3 is 2.24 bits per heavy atom. The molecule has 1 aliphatic carbocycles. The Hall–Kier alpha value is -1.97. The van der Waals surface area contributed by atoms with Gasteiger partial charge in [0.15, 0.2) is 11.6 Å². The second-order valence-corrected chi connectivity index (χ2v) is 10.3. The number of hydrogen-bond donors (Lipinski definition) is 0. The van der Waals surface area contributed by atoms with Gasteiger partial charge in [-0.1, -0.05) is 89.5 Å². The number of fused-ring (bicyclic) bond motifs is 3. The summed E-state index contributed by atoms with van der Waals surface area (Å²) in [5.41, 5.74) is 2.02. The summed E-state index contributed by atoms with van der Waals surface area (Å²) in [6, 6.07) is 8.71. The topological polar surface area (TPSA) is 9.23 Å². The summed E-state index contributed by atoms with van der Waals surface area (Å²) in [6.45, 7) is 4.05. The van der Waals surface area contributed by atoms with Gasteiger partial charge in [0, 0.05) is 5.56 Å². The molecule has 0 aromatic heterocycles. The molecule has 0 atom stereocenters. The average Bonchev–Trinajstić information content (AvgIpc) is 2.84. The van der Waals surface area contributed by atoms with Gasteiger partial charge in [0.2, 0.25) is 0 Å². The SMILES string of the molecule is CCCCCCCCCC1CCC(c2ccc3c(c2)C(F)(F)Oc2c-3ccc(CC)c2F)CC1. The molecule has 1 heterocycles. The van der Waals surface area contributed by atoms with Gasteiger partial charge in [0.1, 0.15) is 0 Å². The van der Waals surface area contributed by atoms with Gasteiger partial charge in [-0.25, -0.2) is 4.39 Å². The van der Waals surface area contributed by atoms with Crippen LogP contribution in [0.2, 0.25) is 0 Å². The Morgan fingerprint density at radius 1 is 0.853 bits per heavy atom. The Kier molecular flexibility index (Phi) is 8.26. The summed E-state index contributed by atoms with van der Waals surface area (Å²) in [7, 11) is 0. The van der Waals surface area contributed by atoms with Gasteiger partial charge < -0.3 is 4.74 Å². The molecule has 1 fully saturated rings. The third kappa shape index (κ3) is 5.47. The zero-order valence-corrected chi connectivity index (χ0v) is 20.8. The third-order valence-electron chi connectivity index (χ3n) is 7.97. The molecule has 2 aromatic rings. The van der Waals surface area contributed by atoms with E-state index in [0.717, 1.165) is 24.3 Å². The van der Waals surface area contributed by atoms with Crippen molar-refractivity contribution in [2.45, 2.75) is 109 Å². The number of halogens is 3. The number of aryl methyl sites for hydroxylation is 1. The predicted octanol–water partition coefficient (Wildman–Crippen LogP) is 9.91. The van der Waals surface area contributed by atoms with Crippen LogP contribution in [-0.4, -0.2) is 0 Å². The minimum atomic E-state index is -3.53. The molecule has 1 saturated carbocycles. The van der Waals surface area contributed by atoms with Crippen molar-refractivity contribution in [3.05, 3.63) is 52.8 Å². The van der Waals surface area contributed by atoms with E-state index in [4.69, 9.17) is 4.74 Å². The van der Waals surface area contributed by atoms with Gasteiger partial charge in [0.25, 0.3) is 0 Å². The third-order valence-corrected chi connectivity index (χ3v) is 7.97.